The highest BCUT2D eigenvalue weighted by Crippen LogP contribution is 2.45. The summed E-state index contributed by atoms with van der Waals surface area (Å²) in [4.78, 5) is 29.2. The highest BCUT2D eigenvalue weighted by Gasteiger charge is 2.26. The van der Waals surface area contributed by atoms with E-state index in [0.717, 1.165) is 35.0 Å². The van der Waals surface area contributed by atoms with Crippen molar-refractivity contribution in [3.05, 3.63) is 75.2 Å². The van der Waals surface area contributed by atoms with Crippen molar-refractivity contribution in [2.75, 3.05) is 25.2 Å². The molecule has 0 fully saturated rings. The molecule has 180 valence electrons. The van der Waals surface area contributed by atoms with Gasteiger partial charge in [-0.2, -0.15) is 0 Å². The normalized spacial score (nSPS) is 14.1. The maximum atomic E-state index is 13.0. The lowest BCUT2D eigenvalue weighted by Crippen LogP contribution is -2.30. The van der Waals surface area contributed by atoms with Crippen molar-refractivity contribution in [1.29, 1.82) is 0 Å². The van der Waals surface area contributed by atoms with Crippen molar-refractivity contribution < 1.29 is 22.8 Å². The first kappa shape index (κ1) is 25.8. The lowest BCUT2D eigenvalue weighted by atomic mass is 10.1. The van der Waals surface area contributed by atoms with E-state index in [9.17, 15) is 18.2 Å². The second kappa shape index (κ2) is 12.0. The second-order valence-electron chi connectivity index (χ2n) is 7.66. The minimum Gasteiger partial charge on any atom is -0.504 e. The first-order chi connectivity index (χ1) is 16.4. The van der Waals surface area contributed by atoms with Gasteiger partial charge in [-0.15, -0.1) is 0 Å². The molecular weight excluding hydrogens is 461 g/mol. The van der Waals surface area contributed by atoms with E-state index in [2.05, 4.69) is 22.5 Å². The van der Waals surface area contributed by atoms with Crippen molar-refractivity contribution in [3.8, 4) is 5.75 Å². The molecule has 0 atom stereocenters. The molecule has 0 radical (unpaired) electrons. The number of pyridine rings is 1. The number of anilines is 1. The summed E-state index contributed by atoms with van der Waals surface area (Å²) in [6.07, 6.45) is 6.60. The van der Waals surface area contributed by atoms with Gasteiger partial charge in [-0.05, 0) is 43.7 Å². The van der Waals surface area contributed by atoms with Crippen molar-refractivity contribution in [1.82, 2.24) is 4.57 Å². The number of aromatic nitrogens is 1. The van der Waals surface area contributed by atoms with E-state index in [1.54, 1.807) is 30.8 Å². The molecule has 10 heteroatoms. The SMILES string of the molecule is CCCCN1/C(=C\C=C\C(=O)c2c(OB(F)F)cc(C)n(CCOC)c2=O)Sc2ccccc21. The summed E-state index contributed by atoms with van der Waals surface area (Å²) in [5, 5.41) is 0.948. The van der Waals surface area contributed by atoms with Gasteiger partial charge in [-0.25, -0.2) is 8.63 Å². The van der Waals surface area contributed by atoms with Gasteiger partial charge in [-0.3, -0.25) is 9.59 Å². The van der Waals surface area contributed by atoms with E-state index in [1.807, 2.05) is 18.2 Å². The van der Waals surface area contributed by atoms with Crippen molar-refractivity contribution in [2.24, 2.45) is 0 Å². The van der Waals surface area contributed by atoms with E-state index < -0.39 is 30.1 Å². The van der Waals surface area contributed by atoms with E-state index in [1.165, 1.54) is 23.8 Å². The number of allylic oxidation sites excluding steroid dienone is 3. The van der Waals surface area contributed by atoms with Crippen LogP contribution in [0.3, 0.4) is 0 Å². The summed E-state index contributed by atoms with van der Waals surface area (Å²) in [5.74, 6) is -1.13. The maximum absolute atomic E-state index is 13.0. The number of fused-ring (bicyclic) bond motifs is 1. The number of unbranched alkanes of at least 4 members (excludes halogenated alkanes) is 1. The number of hydrogen-bond donors (Lipinski definition) is 0. The van der Waals surface area contributed by atoms with Crippen LogP contribution in [0.15, 0.2) is 63.3 Å². The molecular formula is C24H27BF2N2O4S. The van der Waals surface area contributed by atoms with Gasteiger partial charge < -0.3 is 18.9 Å². The predicted molar refractivity (Wildman–Crippen MR) is 132 cm³/mol. The highest BCUT2D eigenvalue weighted by atomic mass is 32.2. The Bertz CT molecular complexity index is 1150. The summed E-state index contributed by atoms with van der Waals surface area (Å²) in [7, 11) is -1.67. The number of nitrogens with zero attached hydrogens (tertiary/aromatic N) is 2. The van der Waals surface area contributed by atoms with Gasteiger partial charge in [0.2, 0.25) is 0 Å². The molecule has 1 aliphatic rings. The molecule has 0 saturated carbocycles. The van der Waals surface area contributed by atoms with Gasteiger partial charge >= 0.3 is 7.47 Å². The molecule has 0 aliphatic carbocycles. The fourth-order valence-corrected chi connectivity index (χ4v) is 4.74. The molecule has 2 aromatic rings. The number of para-hydroxylation sites is 1. The van der Waals surface area contributed by atoms with Crippen LogP contribution in [0.4, 0.5) is 14.3 Å². The largest absolute Gasteiger partial charge is 0.796 e. The van der Waals surface area contributed by atoms with E-state index in [0.29, 0.717) is 5.69 Å². The third-order valence-corrected chi connectivity index (χ3v) is 6.44. The molecule has 1 aliphatic heterocycles. The van der Waals surface area contributed by atoms with E-state index in [4.69, 9.17) is 4.74 Å². The van der Waals surface area contributed by atoms with Crippen LogP contribution in [0, 0.1) is 6.92 Å². The molecule has 0 saturated heterocycles. The number of thioether (sulfide) groups is 1. The summed E-state index contributed by atoms with van der Waals surface area (Å²) >= 11 is 1.59. The predicted octanol–water partition coefficient (Wildman–Crippen LogP) is 5.10. The van der Waals surface area contributed by atoms with Gasteiger partial charge in [0.1, 0.15) is 11.3 Å². The van der Waals surface area contributed by atoms with Crippen LogP contribution in [0.2, 0.25) is 0 Å². The number of carbonyl (C=O) groups excluding carboxylic acids is 1. The molecule has 1 aromatic carbocycles. The third-order valence-electron chi connectivity index (χ3n) is 5.31. The Kier molecular flexibility index (Phi) is 9.12. The van der Waals surface area contributed by atoms with Crippen LogP contribution in [0.25, 0.3) is 0 Å². The van der Waals surface area contributed by atoms with Gasteiger partial charge in [0.25, 0.3) is 5.56 Å². The van der Waals surface area contributed by atoms with Crippen LogP contribution in [-0.4, -0.2) is 38.1 Å². The molecule has 0 amide bonds. The number of methoxy groups -OCH3 is 1. The zero-order valence-electron chi connectivity index (χ0n) is 19.4. The monoisotopic (exact) mass is 488 g/mol. The van der Waals surface area contributed by atoms with Gasteiger partial charge in [0.15, 0.2) is 5.78 Å². The number of halogens is 2. The number of rotatable bonds is 11. The molecule has 2 heterocycles. The number of ether oxygens (including phenoxy) is 1. The van der Waals surface area contributed by atoms with Crippen LogP contribution >= 0.6 is 11.8 Å². The standard InChI is InChI=1S/C24H27BF2N2O4S/c1-4-5-13-29-18-9-6-7-11-21(18)34-22(29)12-8-10-19(30)23-20(33-25(26)27)16-17(2)28(24(23)31)14-15-32-3/h6-12,16H,4-5,13-15H2,1-3H3/b10-8+,22-12+. The van der Waals surface area contributed by atoms with Gasteiger partial charge in [0.05, 0.1) is 17.3 Å². The van der Waals surface area contributed by atoms with Crippen molar-refractivity contribution >= 4 is 30.7 Å². The average molecular weight is 488 g/mol. The Hall–Kier alpha value is -2.85. The molecule has 6 nitrogen and oxygen atoms in total. The fraction of sp³-hybridized carbons (Fsp3) is 0.333. The molecule has 0 unspecified atom stereocenters. The zero-order valence-corrected chi connectivity index (χ0v) is 20.2. The summed E-state index contributed by atoms with van der Waals surface area (Å²) < 4.78 is 36.8. The van der Waals surface area contributed by atoms with Gasteiger partial charge in [-0.1, -0.05) is 43.3 Å². The molecule has 3 rings (SSSR count). The minimum absolute atomic E-state index is 0.186. The molecule has 1 aromatic heterocycles. The number of benzene rings is 1. The van der Waals surface area contributed by atoms with Gasteiger partial charge in [0, 0.05) is 30.8 Å². The third kappa shape index (κ3) is 5.98. The van der Waals surface area contributed by atoms with Crippen LogP contribution < -0.4 is 15.1 Å². The number of aryl methyl sites for hydroxylation is 1. The zero-order chi connectivity index (χ0) is 24.7. The number of hydrogen-bond acceptors (Lipinski definition) is 6. The lowest BCUT2D eigenvalue weighted by Gasteiger charge is -2.19. The maximum Gasteiger partial charge on any atom is 0.796 e. The first-order valence-electron chi connectivity index (χ1n) is 11.0. The fourth-order valence-electron chi connectivity index (χ4n) is 3.64. The molecule has 0 N–H and O–H groups in total. The summed E-state index contributed by atoms with van der Waals surface area (Å²) in [6, 6.07) is 9.33. The van der Waals surface area contributed by atoms with E-state index in [-0.39, 0.29) is 13.2 Å². The van der Waals surface area contributed by atoms with Crippen LogP contribution in [0.5, 0.6) is 5.75 Å². The Labute approximate surface area is 202 Å². The topological polar surface area (TPSA) is 60.8 Å². The smallest absolute Gasteiger partial charge is 0.504 e. The molecule has 34 heavy (non-hydrogen) atoms. The Morgan fingerprint density at radius 2 is 2.00 bits per heavy atom. The highest BCUT2D eigenvalue weighted by molar-refractivity contribution is 8.03. The minimum atomic E-state index is -3.16. The van der Waals surface area contributed by atoms with Crippen LogP contribution in [0.1, 0.15) is 35.8 Å². The molecule has 0 bridgehead atoms. The van der Waals surface area contributed by atoms with E-state index >= 15 is 0 Å². The summed E-state index contributed by atoms with van der Waals surface area (Å²) in [5.41, 5.74) is 0.384. The average Bonchev–Trinajstić information content (AvgIpc) is 3.14. The number of carbonyl (C=O) groups is 1. The van der Waals surface area contributed by atoms with Crippen molar-refractivity contribution in [2.45, 2.75) is 38.1 Å². The first-order valence-corrected chi connectivity index (χ1v) is 11.8. The number of ketones is 1. The quantitative estimate of drug-likeness (QED) is 0.249. The Balaban J connectivity index is 1.91. The Morgan fingerprint density at radius 3 is 2.71 bits per heavy atom. The van der Waals surface area contributed by atoms with Crippen LogP contribution in [-0.2, 0) is 11.3 Å². The lowest BCUT2D eigenvalue weighted by molar-refractivity contribution is 0.104. The Morgan fingerprint density at radius 1 is 1.24 bits per heavy atom. The molecule has 0 spiro atoms. The second-order valence-corrected chi connectivity index (χ2v) is 8.72. The summed E-state index contributed by atoms with van der Waals surface area (Å²) in [6.45, 7) is 4.96. The van der Waals surface area contributed by atoms with Crippen molar-refractivity contribution in [3.63, 3.8) is 0 Å².